The van der Waals surface area contributed by atoms with Crippen LogP contribution in [0.2, 0.25) is 0 Å². The van der Waals surface area contributed by atoms with Crippen molar-refractivity contribution >= 4 is 10.0 Å². The zero-order chi connectivity index (χ0) is 16.0. The lowest BCUT2D eigenvalue weighted by atomic mass is 9.99. The first-order valence-corrected chi connectivity index (χ1v) is 8.75. The van der Waals surface area contributed by atoms with Crippen LogP contribution in [0, 0.1) is 17.7 Å². The van der Waals surface area contributed by atoms with Crippen molar-refractivity contribution < 1.29 is 12.8 Å². The van der Waals surface area contributed by atoms with Crippen molar-refractivity contribution in [3.8, 4) is 0 Å². The number of hydrogen-bond donors (Lipinski definition) is 2. The van der Waals surface area contributed by atoms with Crippen molar-refractivity contribution in [1.82, 2.24) is 10.0 Å². The van der Waals surface area contributed by atoms with E-state index in [0.717, 1.165) is 0 Å². The van der Waals surface area contributed by atoms with Gasteiger partial charge in [0.15, 0.2) is 0 Å². The minimum atomic E-state index is -3.60. The van der Waals surface area contributed by atoms with Crippen LogP contribution in [-0.2, 0) is 16.6 Å². The topological polar surface area (TPSA) is 58.2 Å². The van der Waals surface area contributed by atoms with E-state index < -0.39 is 15.8 Å². The van der Waals surface area contributed by atoms with E-state index in [1.807, 2.05) is 27.7 Å². The first kappa shape index (κ1) is 18.1. The SMILES string of the molecule is CCNCc1cc(S(=O)(=O)NCC(C)C(C)C)ccc1F. The maximum atomic E-state index is 13.6. The second kappa shape index (κ2) is 7.87. The Balaban J connectivity index is 2.88. The smallest absolute Gasteiger partial charge is 0.240 e. The van der Waals surface area contributed by atoms with Gasteiger partial charge in [-0.1, -0.05) is 27.7 Å². The van der Waals surface area contributed by atoms with Gasteiger partial charge in [-0.2, -0.15) is 0 Å². The number of sulfonamides is 1. The highest BCUT2D eigenvalue weighted by Crippen LogP contribution is 2.16. The summed E-state index contributed by atoms with van der Waals surface area (Å²) in [5, 5.41) is 2.99. The fraction of sp³-hybridized carbons (Fsp3) is 0.600. The molecule has 2 N–H and O–H groups in total. The quantitative estimate of drug-likeness (QED) is 0.775. The van der Waals surface area contributed by atoms with Gasteiger partial charge in [-0.25, -0.2) is 17.5 Å². The minimum Gasteiger partial charge on any atom is -0.313 e. The standard InChI is InChI=1S/C15H25FN2O2S/c1-5-17-10-13-8-14(6-7-15(13)16)21(19,20)18-9-12(4)11(2)3/h6-8,11-12,17-18H,5,9-10H2,1-4H3. The second-order valence-corrected chi connectivity index (χ2v) is 7.37. The molecule has 0 aromatic heterocycles. The molecule has 6 heteroatoms. The van der Waals surface area contributed by atoms with Gasteiger partial charge in [0.1, 0.15) is 5.82 Å². The predicted octanol–water partition coefficient (Wildman–Crippen LogP) is 2.51. The molecule has 0 spiro atoms. The van der Waals surface area contributed by atoms with E-state index in [2.05, 4.69) is 10.0 Å². The molecule has 4 nitrogen and oxygen atoms in total. The summed E-state index contributed by atoms with van der Waals surface area (Å²) in [6.07, 6.45) is 0. The fourth-order valence-corrected chi connectivity index (χ4v) is 2.87. The van der Waals surface area contributed by atoms with Crippen molar-refractivity contribution in [1.29, 1.82) is 0 Å². The Morgan fingerprint density at radius 2 is 1.90 bits per heavy atom. The molecule has 1 atom stereocenters. The van der Waals surface area contributed by atoms with E-state index in [1.54, 1.807) is 0 Å². The lowest BCUT2D eigenvalue weighted by molar-refractivity contribution is 0.414. The Kier molecular flexibility index (Phi) is 6.77. The van der Waals surface area contributed by atoms with Gasteiger partial charge in [0.05, 0.1) is 4.90 Å². The van der Waals surface area contributed by atoms with Crippen LogP contribution in [0.3, 0.4) is 0 Å². The van der Waals surface area contributed by atoms with Gasteiger partial charge in [0, 0.05) is 18.7 Å². The summed E-state index contributed by atoms with van der Waals surface area (Å²) in [5.41, 5.74) is 0.358. The molecule has 0 bridgehead atoms. The molecule has 0 saturated heterocycles. The van der Waals surface area contributed by atoms with Gasteiger partial charge in [0.25, 0.3) is 0 Å². The lowest BCUT2D eigenvalue weighted by Gasteiger charge is -2.16. The third-order valence-corrected chi connectivity index (χ3v) is 5.05. The Morgan fingerprint density at radius 1 is 1.24 bits per heavy atom. The molecule has 0 heterocycles. The molecule has 0 aliphatic heterocycles. The average molecular weight is 316 g/mol. The summed E-state index contributed by atoms with van der Waals surface area (Å²) in [7, 11) is -3.60. The van der Waals surface area contributed by atoms with Gasteiger partial charge in [-0.3, -0.25) is 0 Å². The summed E-state index contributed by atoms with van der Waals surface area (Å²) < 4.78 is 40.7. The van der Waals surface area contributed by atoms with Crippen LogP contribution in [0.5, 0.6) is 0 Å². The van der Waals surface area contributed by atoms with Crippen LogP contribution in [0.1, 0.15) is 33.3 Å². The summed E-state index contributed by atoms with van der Waals surface area (Å²) in [6.45, 7) is 9.38. The molecule has 0 aliphatic rings. The molecule has 0 radical (unpaired) electrons. The maximum absolute atomic E-state index is 13.6. The number of nitrogens with one attached hydrogen (secondary N) is 2. The number of benzene rings is 1. The molecule has 0 fully saturated rings. The summed E-state index contributed by atoms with van der Waals surface area (Å²) in [5.74, 6) is 0.233. The molecule has 120 valence electrons. The molecule has 0 amide bonds. The van der Waals surface area contributed by atoms with Crippen molar-refractivity contribution in [3.63, 3.8) is 0 Å². The monoisotopic (exact) mass is 316 g/mol. The zero-order valence-corrected chi connectivity index (χ0v) is 13.9. The predicted molar refractivity (Wildman–Crippen MR) is 83.0 cm³/mol. The van der Waals surface area contributed by atoms with E-state index >= 15 is 0 Å². The van der Waals surface area contributed by atoms with E-state index in [1.165, 1.54) is 18.2 Å². The number of halogens is 1. The average Bonchev–Trinajstić information content (AvgIpc) is 2.43. The van der Waals surface area contributed by atoms with Gasteiger partial charge in [-0.15, -0.1) is 0 Å². The van der Waals surface area contributed by atoms with E-state index in [4.69, 9.17) is 0 Å². The molecule has 1 rings (SSSR count). The van der Waals surface area contributed by atoms with Crippen LogP contribution in [0.15, 0.2) is 23.1 Å². The van der Waals surface area contributed by atoms with Crippen molar-refractivity contribution in [3.05, 3.63) is 29.6 Å². The Morgan fingerprint density at radius 3 is 2.48 bits per heavy atom. The highest BCUT2D eigenvalue weighted by Gasteiger charge is 2.18. The third-order valence-electron chi connectivity index (χ3n) is 3.63. The van der Waals surface area contributed by atoms with Crippen LogP contribution in [0.4, 0.5) is 4.39 Å². The first-order valence-electron chi connectivity index (χ1n) is 7.26. The molecule has 1 aromatic carbocycles. The van der Waals surface area contributed by atoms with Gasteiger partial charge < -0.3 is 5.32 Å². The van der Waals surface area contributed by atoms with Crippen molar-refractivity contribution in [2.45, 2.75) is 39.1 Å². The van der Waals surface area contributed by atoms with Crippen LogP contribution in [-0.4, -0.2) is 21.5 Å². The van der Waals surface area contributed by atoms with Gasteiger partial charge >= 0.3 is 0 Å². The Labute approximate surface area is 127 Å². The molecular formula is C15H25FN2O2S. The molecule has 1 unspecified atom stereocenters. The Hall–Kier alpha value is -0.980. The van der Waals surface area contributed by atoms with Crippen molar-refractivity contribution in [2.75, 3.05) is 13.1 Å². The Bertz CT molecular complexity index is 559. The highest BCUT2D eigenvalue weighted by molar-refractivity contribution is 7.89. The van der Waals surface area contributed by atoms with E-state index in [0.29, 0.717) is 31.1 Å². The van der Waals surface area contributed by atoms with E-state index in [-0.39, 0.29) is 10.8 Å². The molecule has 21 heavy (non-hydrogen) atoms. The molecule has 0 saturated carbocycles. The largest absolute Gasteiger partial charge is 0.313 e. The van der Waals surface area contributed by atoms with Crippen LogP contribution < -0.4 is 10.0 Å². The summed E-state index contributed by atoms with van der Waals surface area (Å²) >= 11 is 0. The van der Waals surface area contributed by atoms with Crippen LogP contribution >= 0.6 is 0 Å². The van der Waals surface area contributed by atoms with Crippen molar-refractivity contribution in [2.24, 2.45) is 11.8 Å². The molecular weight excluding hydrogens is 291 g/mol. The highest BCUT2D eigenvalue weighted by atomic mass is 32.2. The van der Waals surface area contributed by atoms with Crippen LogP contribution in [0.25, 0.3) is 0 Å². The summed E-state index contributed by atoms with van der Waals surface area (Å²) in [6, 6.07) is 3.89. The first-order chi connectivity index (χ1) is 9.77. The third kappa shape index (κ3) is 5.37. The summed E-state index contributed by atoms with van der Waals surface area (Å²) in [4.78, 5) is 0.104. The van der Waals surface area contributed by atoms with Gasteiger partial charge in [-0.05, 0) is 36.6 Å². The number of rotatable bonds is 8. The fourth-order valence-electron chi connectivity index (χ4n) is 1.67. The van der Waals surface area contributed by atoms with E-state index in [9.17, 15) is 12.8 Å². The second-order valence-electron chi connectivity index (χ2n) is 5.61. The molecule has 0 aliphatic carbocycles. The molecule has 1 aromatic rings. The lowest BCUT2D eigenvalue weighted by Crippen LogP contribution is -2.30. The normalized spacial score (nSPS) is 13.6. The minimum absolute atomic E-state index is 0.104. The maximum Gasteiger partial charge on any atom is 0.240 e. The number of hydrogen-bond acceptors (Lipinski definition) is 3. The van der Waals surface area contributed by atoms with Gasteiger partial charge in [0.2, 0.25) is 10.0 Å². The zero-order valence-electron chi connectivity index (χ0n) is 13.1.